The smallest absolute Gasteiger partial charge is 0.103 e. The van der Waals surface area contributed by atoms with Crippen LogP contribution in [-0.4, -0.2) is 24.7 Å². The maximum absolute atomic E-state index is 9.27. The Labute approximate surface area is 124 Å². The van der Waals surface area contributed by atoms with Gasteiger partial charge in [-0.05, 0) is 18.9 Å². The lowest BCUT2D eigenvalue weighted by atomic mass is 10.1. The van der Waals surface area contributed by atoms with E-state index in [1.54, 1.807) is 6.20 Å². The minimum atomic E-state index is 0.592. The van der Waals surface area contributed by atoms with Crippen LogP contribution in [-0.2, 0) is 4.74 Å². The van der Waals surface area contributed by atoms with Gasteiger partial charge in [-0.3, -0.25) is 4.98 Å². The molecule has 21 heavy (non-hydrogen) atoms. The van der Waals surface area contributed by atoms with Crippen molar-refractivity contribution in [1.82, 2.24) is 4.98 Å². The Morgan fingerprint density at radius 3 is 3.05 bits per heavy atom. The summed E-state index contributed by atoms with van der Waals surface area (Å²) < 4.78 is 5.31. The Kier molecular flexibility index (Phi) is 4.13. The van der Waals surface area contributed by atoms with E-state index in [9.17, 15) is 5.26 Å². The summed E-state index contributed by atoms with van der Waals surface area (Å²) in [4.78, 5) is 4.32. The van der Waals surface area contributed by atoms with Crippen molar-refractivity contribution in [2.45, 2.75) is 12.8 Å². The van der Waals surface area contributed by atoms with Crippen molar-refractivity contribution in [1.29, 1.82) is 5.26 Å². The summed E-state index contributed by atoms with van der Waals surface area (Å²) in [6, 6.07) is 10.1. The molecule has 1 aromatic heterocycles. The number of nitrogens with one attached hydrogen (secondary N) is 1. The number of ether oxygens (including phenoxy) is 1. The van der Waals surface area contributed by atoms with Gasteiger partial charge in [0.2, 0.25) is 0 Å². The van der Waals surface area contributed by atoms with Crippen LogP contribution in [0.5, 0.6) is 0 Å². The quantitative estimate of drug-likeness (QED) is 0.873. The van der Waals surface area contributed by atoms with Gasteiger partial charge in [0.15, 0.2) is 0 Å². The third-order valence-corrected chi connectivity index (χ3v) is 3.70. The van der Waals surface area contributed by atoms with E-state index in [1.165, 1.54) is 5.57 Å². The monoisotopic (exact) mass is 279 g/mol. The first-order valence-corrected chi connectivity index (χ1v) is 7.16. The summed E-state index contributed by atoms with van der Waals surface area (Å²) in [6.07, 6.45) is 5.77. The molecule has 0 spiro atoms. The molecule has 2 heterocycles. The highest BCUT2D eigenvalue weighted by atomic mass is 16.5. The number of rotatable bonds is 4. The Balaban J connectivity index is 1.79. The number of anilines is 1. The average Bonchev–Trinajstić information content (AvgIpc) is 2.56. The highest BCUT2D eigenvalue weighted by Gasteiger charge is 2.09. The fraction of sp³-hybridized carbons (Fsp3) is 0.294. The van der Waals surface area contributed by atoms with E-state index in [0.717, 1.165) is 49.2 Å². The molecule has 0 saturated heterocycles. The van der Waals surface area contributed by atoms with Gasteiger partial charge in [0.25, 0.3) is 0 Å². The van der Waals surface area contributed by atoms with E-state index >= 15 is 0 Å². The van der Waals surface area contributed by atoms with E-state index in [1.807, 2.05) is 24.3 Å². The molecule has 0 fully saturated rings. The molecule has 1 N–H and O–H groups in total. The molecule has 4 nitrogen and oxygen atoms in total. The van der Waals surface area contributed by atoms with E-state index in [4.69, 9.17) is 4.74 Å². The lowest BCUT2D eigenvalue weighted by Gasteiger charge is -2.15. The molecular weight excluding hydrogens is 262 g/mol. The number of hydrogen-bond acceptors (Lipinski definition) is 4. The van der Waals surface area contributed by atoms with Crippen LogP contribution in [0.15, 0.2) is 42.1 Å². The lowest BCUT2D eigenvalue weighted by molar-refractivity contribution is 0.153. The number of nitrogens with zero attached hydrogens (tertiary/aromatic N) is 2. The van der Waals surface area contributed by atoms with Crippen molar-refractivity contribution in [3.63, 3.8) is 0 Å². The van der Waals surface area contributed by atoms with Crippen LogP contribution in [0, 0.1) is 11.3 Å². The third-order valence-electron chi connectivity index (χ3n) is 3.70. The second kappa shape index (κ2) is 6.38. The number of benzene rings is 1. The van der Waals surface area contributed by atoms with Crippen LogP contribution in [0.4, 0.5) is 5.69 Å². The van der Waals surface area contributed by atoms with Crippen LogP contribution in [0.1, 0.15) is 18.4 Å². The van der Waals surface area contributed by atoms with Gasteiger partial charge in [-0.15, -0.1) is 0 Å². The molecule has 2 aromatic rings. The number of hydrogen-bond donors (Lipinski definition) is 1. The Hall–Kier alpha value is -2.38. The van der Waals surface area contributed by atoms with Crippen LogP contribution in [0.3, 0.4) is 0 Å². The molecule has 0 radical (unpaired) electrons. The molecule has 1 aliphatic rings. The summed E-state index contributed by atoms with van der Waals surface area (Å²) >= 11 is 0. The predicted molar refractivity (Wildman–Crippen MR) is 83.1 cm³/mol. The molecule has 0 aliphatic carbocycles. The highest BCUT2D eigenvalue weighted by molar-refractivity contribution is 5.93. The van der Waals surface area contributed by atoms with E-state index < -0.39 is 0 Å². The minimum absolute atomic E-state index is 0.592. The number of para-hydroxylation sites is 1. The molecule has 0 unspecified atom stereocenters. The molecule has 106 valence electrons. The largest absolute Gasteiger partial charge is 0.383 e. The Bertz CT molecular complexity index is 716. The van der Waals surface area contributed by atoms with E-state index in [-0.39, 0.29) is 0 Å². The van der Waals surface area contributed by atoms with Gasteiger partial charge in [-0.25, -0.2) is 0 Å². The standard InChI is InChI=1S/C17H17N3O/c18-11-14-12-20-16-4-2-1-3-15(16)17(14)19-8-5-13-6-9-21-10-7-13/h1-4,6,12H,5,7-10H2,(H,19,20). The molecule has 0 amide bonds. The van der Waals surface area contributed by atoms with Crippen molar-refractivity contribution in [2.24, 2.45) is 0 Å². The lowest BCUT2D eigenvalue weighted by Crippen LogP contribution is -2.10. The normalized spacial score (nSPS) is 14.5. The van der Waals surface area contributed by atoms with Gasteiger partial charge in [0, 0.05) is 18.1 Å². The fourth-order valence-corrected chi connectivity index (χ4v) is 2.56. The molecule has 1 aromatic carbocycles. The van der Waals surface area contributed by atoms with Crippen molar-refractivity contribution in [2.75, 3.05) is 25.1 Å². The van der Waals surface area contributed by atoms with E-state index in [2.05, 4.69) is 22.4 Å². The topological polar surface area (TPSA) is 57.9 Å². The first-order valence-electron chi connectivity index (χ1n) is 7.16. The zero-order chi connectivity index (χ0) is 14.5. The number of fused-ring (bicyclic) bond motifs is 1. The number of nitriles is 1. The fourth-order valence-electron chi connectivity index (χ4n) is 2.56. The molecule has 3 rings (SSSR count). The second-order valence-electron chi connectivity index (χ2n) is 5.04. The van der Waals surface area contributed by atoms with Crippen molar-refractivity contribution in [3.05, 3.63) is 47.7 Å². The van der Waals surface area contributed by atoms with Crippen molar-refractivity contribution < 1.29 is 4.74 Å². The number of aromatic nitrogens is 1. The van der Waals surface area contributed by atoms with Crippen molar-refractivity contribution >= 4 is 16.6 Å². The summed E-state index contributed by atoms with van der Waals surface area (Å²) in [6.45, 7) is 2.35. The van der Waals surface area contributed by atoms with Gasteiger partial charge >= 0.3 is 0 Å². The Morgan fingerprint density at radius 1 is 1.33 bits per heavy atom. The van der Waals surface area contributed by atoms with Gasteiger partial charge < -0.3 is 10.1 Å². The van der Waals surface area contributed by atoms with Crippen LogP contribution < -0.4 is 5.32 Å². The molecular formula is C17H17N3O. The van der Waals surface area contributed by atoms with Crippen LogP contribution in [0.2, 0.25) is 0 Å². The Morgan fingerprint density at radius 2 is 2.24 bits per heavy atom. The molecule has 0 saturated carbocycles. The minimum Gasteiger partial charge on any atom is -0.383 e. The predicted octanol–water partition coefficient (Wildman–Crippen LogP) is 3.26. The van der Waals surface area contributed by atoms with E-state index in [0.29, 0.717) is 5.56 Å². The van der Waals surface area contributed by atoms with Gasteiger partial charge in [-0.2, -0.15) is 5.26 Å². The zero-order valence-corrected chi connectivity index (χ0v) is 11.8. The first kappa shape index (κ1) is 13.6. The van der Waals surface area contributed by atoms with Gasteiger partial charge in [0.1, 0.15) is 6.07 Å². The highest BCUT2D eigenvalue weighted by Crippen LogP contribution is 2.25. The van der Waals surface area contributed by atoms with Crippen LogP contribution >= 0.6 is 0 Å². The van der Waals surface area contributed by atoms with Crippen LogP contribution in [0.25, 0.3) is 10.9 Å². The SMILES string of the molecule is N#Cc1cnc2ccccc2c1NCCC1=CCOCC1. The number of pyridine rings is 1. The average molecular weight is 279 g/mol. The summed E-state index contributed by atoms with van der Waals surface area (Å²) in [5.41, 5.74) is 3.81. The van der Waals surface area contributed by atoms with Crippen molar-refractivity contribution in [3.8, 4) is 6.07 Å². The van der Waals surface area contributed by atoms with Gasteiger partial charge in [-0.1, -0.05) is 29.8 Å². The third kappa shape index (κ3) is 3.04. The molecule has 0 bridgehead atoms. The summed E-state index contributed by atoms with van der Waals surface area (Å²) in [5, 5.41) is 13.7. The maximum atomic E-state index is 9.27. The summed E-state index contributed by atoms with van der Waals surface area (Å²) in [5.74, 6) is 0. The first-order chi connectivity index (χ1) is 10.4. The summed E-state index contributed by atoms with van der Waals surface area (Å²) in [7, 11) is 0. The molecule has 4 heteroatoms. The maximum Gasteiger partial charge on any atom is 0.103 e. The molecule has 0 atom stereocenters. The van der Waals surface area contributed by atoms with Gasteiger partial charge in [0.05, 0.1) is 30.0 Å². The zero-order valence-electron chi connectivity index (χ0n) is 11.8. The second-order valence-corrected chi connectivity index (χ2v) is 5.04. The molecule has 1 aliphatic heterocycles.